The van der Waals surface area contributed by atoms with E-state index in [9.17, 15) is 9.18 Å². The zero-order valence-corrected chi connectivity index (χ0v) is 15.9. The number of amidine groups is 1. The number of nitrogens with zero attached hydrogens (tertiary/aromatic N) is 1. The molecule has 5 nitrogen and oxygen atoms in total. The molecule has 0 fully saturated rings. The number of benzene rings is 3. The van der Waals surface area contributed by atoms with Gasteiger partial charge in [0.25, 0.3) is 6.02 Å². The lowest BCUT2D eigenvalue weighted by molar-refractivity contribution is 0.195. The van der Waals surface area contributed by atoms with Crippen molar-refractivity contribution in [2.45, 2.75) is 5.54 Å². The van der Waals surface area contributed by atoms with Gasteiger partial charge in [-0.3, -0.25) is 0 Å². The minimum atomic E-state index is -1.27. The molecule has 1 aliphatic heterocycles. The summed E-state index contributed by atoms with van der Waals surface area (Å²) < 4.78 is 20.2. The third kappa shape index (κ3) is 3.67. The SMILES string of the molecule is O=C(O)NC1=NC(c2ccccc2)(c2ccc(F)c(-c3cccc(Cl)c3)c2)CO1. The highest BCUT2D eigenvalue weighted by molar-refractivity contribution is 6.30. The summed E-state index contributed by atoms with van der Waals surface area (Å²) in [5.41, 5.74) is 1.45. The lowest BCUT2D eigenvalue weighted by Crippen LogP contribution is -2.28. The number of nitrogens with one attached hydrogen (secondary N) is 1. The predicted molar refractivity (Wildman–Crippen MR) is 109 cm³/mol. The highest BCUT2D eigenvalue weighted by atomic mass is 35.5. The second-order valence-corrected chi connectivity index (χ2v) is 7.00. The van der Waals surface area contributed by atoms with Gasteiger partial charge in [-0.15, -0.1) is 0 Å². The molecule has 4 rings (SSSR count). The summed E-state index contributed by atoms with van der Waals surface area (Å²) in [6.45, 7) is 0.0766. The van der Waals surface area contributed by atoms with Crippen molar-refractivity contribution in [2.75, 3.05) is 6.61 Å². The number of ether oxygens (including phenoxy) is 1. The molecule has 7 heteroatoms. The molecule has 0 aromatic heterocycles. The molecule has 1 unspecified atom stereocenters. The molecule has 1 atom stereocenters. The Balaban J connectivity index is 1.88. The quantitative estimate of drug-likeness (QED) is 0.635. The molecular weight excluding hydrogens is 395 g/mol. The van der Waals surface area contributed by atoms with Gasteiger partial charge in [-0.1, -0.05) is 60.1 Å². The fourth-order valence-corrected chi connectivity index (χ4v) is 3.59. The Bertz CT molecular complexity index is 1100. The standard InChI is InChI=1S/C22H16ClFN2O3/c23-17-8-4-5-14(11-17)18-12-16(9-10-19(18)24)22(15-6-2-1-3-7-15)13-29-20(26-22)25-21(27)28/h1-12H,13H2,(H,25,26)(H,27,28). The van der Waals surface area contributed by atoms with Crippen molar-refractivity contribution in [3.63, 3.8) is 0 Å². The topological polar surface area (TPSA) is 70.9 Å². The van der Waals surface area contributed by atoms with Crippen LogP contribution < -0.4 is 5.32 Å². The van der Waals surface area contributed by atoms with Crippen molar-refractivity contribution in [3.8, 4) is 11.1 Å². The van der Waals surface area contributed by atoms with Crippen LogP contribution in [0.5, 0.6) is 0 Å². The van der Waals surface area contributed by atoms with E-state index in [1.165, 1.54) is 6.07 Å². The van der Waals surface area contributed by atoms with Gasteiger partial charge in [-0.05, 0) is 41.0 Å². The van der Waals surface area contributed by atoms with Crippen LogP contribution in [0.4, 0.5) is 9.18 Å². The maximum atomic E-state index is 14.6. The van der Waals surface area contributed by atoms with Crippen LogP contribution in [0.1, 0.15) is 11.1 Å². The number of hydrogen-bond acceptors (Lipinski definition) is 3. The minimum Gasteiger partial charge on any atom is -0.465 e. The molecule has 0 aliphatic carbocycles. The fourth-order valence-electron chi connectivity index (χ4n) is 3.40. The molecule has 1 amide bonds. The van der Waals surface area contributed by atoms with Crippen molar-refractivity contribution in [3.05, 3.63) is 94.8 Å². The van der Waals surface area contributed by atoms with E-state index in [4.69, 9.17) is 21.4 Å². The average Bonchev–Trinajstić information content (AvgIpc) is 3.13. The molecule has 1 aliphatic rings. The molecule has 3 aromatic carbocycles. The number of aliphatic imine (C=N–C) groups is 1. The average molecular weight is 411 g/mol. The van der Waals surface area contributed by atoms with Gasteiger partial charge in [0.15, 0.2) is 5.54 Å². The Labute approximate surface area is 171 Å². The van der Waals surface area contributed by atoms with E-state index in [1.54, 1.807) is 36.4 Å². The first-order valence-corrected chi connectivity index (χ1v) is 9.20. The first kappa shape index (κ1) is 19.0. The van der Waals surface area contributed by atoms with E-state index >= 15 is 0 Å². The monoisotopic (exact) mass is 410 g/mol. The van der Waals surface area contributed by atoms with Crippen LogP contribution in [0.15, 0.2) is 77.8 Å². The zero-order chi connectivity index (χ0) is 20.4. The summed E-state index contributed by atoms with van der Waals surface area (Å²) in [7, 11) is 0. The molecule has 1 heterocycles. The smallest absolute Gasteiger partial charge is 0.412 e. The van der Waals surface area contributed by atoms with Crippen LogP contribution in [0.2, 0.25) is 5.02 Å². The molecule has 2 N–H and O–H groups in total. The highest BCUT2D eigenvalue weighted by Crippen LogP contribution is 2.40. The Morgan fingerprint density at radius 1 is 1.07 bits per heavy atom. The number of carboxylic acid groups (broad SMARTS) is 1. The van der Waals surface area contributed by atoms with Crippen LogP contribution >= 0.6 is 11.6 Å². The number of amides is 1. The van der Waals surface area contributed by atoms with Crippen molar-refractivity contribution in [2.24, 2.45) is 4.99 Å². The van der Waals surface area contributed by atoms with E-state index in [1.807, 2.05) is 30.3 Å². The van der Waals surface area contributed by atoms with Gasteiger partial charge in [-0.25, -0.2) is 19.5 Å². The van der Waals surface area contributed by atoms with E-state index in [0.29, 0.717) is 21.7 Å². The third-order valence-corrected chi connectivity index (χ3v) is 4.99. The Hall–Kier alpha value is -3.38. The molecule has 0 spiro atoms. The maximum Gasteiger partial charge on any atom is 0.412 e. The second kappa shape index (κ2) is 7.56. The maximum absolute atomic E-state index is 14.6. The van der Waals surface area contributed by atoms with Gasteiger partial charge in [0, 0.05) is 10.6 Å². The van der Waals surface area contributed by atoms with Crippen LogP contribution in [0.3, 0.4) is 0 Å². The first-order valence-electron chi connectivity index (χ1n) is 8.82. The van der Waals surface area contributed by atoms with E-state index < -0.39 is 17.4 Å². The number of carbonyl (C=O) groups is 1. The fraction of sp³-hybridized carbons (Fsp3) is 0.0909. The number of hydrogen-bond donors (Lipinski definition) is 2. The van der Waals surface area contributed by atoms with Crippen molar-refractivity contribution < 1.29 is 19.0 Å². The highest BCUT2D eigenvalue weighted by Gasteiger charge is 2.41. The summed E-state index contributed by atoms with van der Waals surface area (Å²) in [5, 5.41) is 11.7. The summed E-state index contributed by atoms with van der Waals surface area (Å²) >= 11 is 6.08. The summed E-state index contributed by atoms with van der Waals surface area (Å²) in [6, 6.07) is 20.9. The van der Waals surface area contributed by atoms with Gasteiger partial charge in [0.2, 0.25) is 0 Å². The lowest BCUT2D eigenvalue weighted by atomic mass is 9.83. The molecule has 146 valence electrons. The van der Waals surface area contributed by atoms with Gasteiger partial charge in [-0.2, -0.15) is 0 Å². The molecule has 0 radical (unpaired) electrons. The third-order valence-electron chi connectivity index (χ3n) is 4.75. The molecule has 0 bridgehead atoms. The van der Waals surface area contributed by atoms with E-state index in [2.05, 4.69) is 10.3 Å². The Morgan fingerprint density at radius 3 is 2.59 bits per heavy atom. The Kier molecular flexibility index (Phi) is 4.94. The molecule has 29 heavy (non-hydrogen) atoms. The summed E-state index contributed by atoms with van der Waals surface area (Å²) in [6.07, 6.45) is -1.27. The summed E-state index contributed by atoms with van der Waals surface area (Å²) in [4.78, 5) is 15.6. The zero-order valence-electron chi connectivity index (χ0n) is 15.1. The largest absolute Gasteiger partial charge is 0.465 e. The first-order chi connectivity index (χ1) is 14.0. The second-order valence-electron chi connectivity index (χ2n) is 6.57. The van der Waals surface area contributed by atoms with Crippen molar-refractivity contribution >= 4 is 23.7 Å². The van der Waals surface area contributed by atoms with E-state index in [-0.39, 0.29) is 12.6 Å². The molecule has 0 saturated heterocycles. The van der Waals surface area contributed by atoms with Gasteiger partial charge in [0.1, 0.15) is 12.4 Å². The molecular formula is C22H16ClFN2O3. The minimum absolute atomic E-state index is 0.0766. The predicted octanol–water partition coefficient (Wildman–Crippen LogP) is 5.04. The van der Waals surface area contributed by atoms with Gasteiger partial charge in [0.05, 0.1) is 0 Å². The van der Waals surface area contributed by atoms with E-state index in [0.717, 1.165) is 5.56 Å². The molecule has 3 aromatic rings. The molecule has 0 saturated carbocycles. The van der Waals surface area contributed by atoms with Crippen molar-refractivity contribution in [1.29, 1.82) is 0 Å². The van der Waals surface area contributed by atoms with Crippen LogP contribution in [-0.2, 0) is 10.3 Å². The summed E-state index contributed by atoms with van der Waals surface area (Å²) in [5.74, 6) is -0.397. The lowest BCUT2D eigenvalue weighted by Gasteiger charge is -2.26. The van der Waals surface area contributed by atoms with Crippen LogP contribution in [0.25, 0.3) is 11.1 Å². The normalized spacial score (nSPS) is 18.1. The van der Waals surface area contributed by atoms with Gasteiger partial charge >= 0.3 is 6.09 Å². The van der Waals surface area contributed by atoms with Gasteiger partial charge < -0.3 is 9.84 Å². The van der Waals surface area contributed by atoms with Crippen LogP contribution in [-0.4, -0.2) is 23.8 Å². The van der Waals surface area contributed by atoms with Crippen LogP contribution in [0, 0.1) is 5.82 Å². The number of halogens is 2. The Morgan fingerprint density at radius 2 is 1.86 bits per heavy atom. The van der Waals surface area contributed by atoms with Crippen molar-refractivity contribution in [1.82, 2.24) is 5.32 Å². The number of rotatable bonds is 3.